The van der Waals surface area contributed by atoms with Crippen molar-refractivity contribution in [3.8, 4) is 0 Å². The molecule has 6 heteroatoms. The summed E-state index contributed by atoms with van der Waals surface area (Å²) in [6.07, 6.45) is 0. The van der Waals surface area contributed by atoms with E-state index in [9.17, 15) is 8.42 Å². The summed E-state index contributed by atoms with van der Waals surface area (Å²) in [5.41, 5.74) is 6.89. The lowest BCUT2D eigenvalue weighted by molar-refractivity contribution is 0.494. The topological polar surface area (TPSA) is 84.2 Å². The summed E-state index contributed by atoms with van der Waals surface area (Å²) >= 11 is 0. The van der Waals surface area contributed by atoms with Crippen LogP contribution in [0.3, 0.4) is 0 Å². The van der Waals surface area contributed by atoms with E-state index in [1.54, 1.807) is 32.9 Å². The average Bonchev–Trinajstić information content (AvgIpc) is 2.06. The summed E-state index contributed by atoms with van der Waals surface area (Å²) in [7, 11) is -3.61. The number of benzene rings is 1. The highest BCUT2D eigenvalue weighted by Crippen LogP contribution is 2.20. The normalized spacial score (nSPS) is 12.5. The third-order valence-electron chi connectivity index (χ3n) is 1.89. The standard InChI is InChI=1S/C11H19N3O2S/c1-8-5-6-9(12)10(7-8)13-17(15,16)14-11(2,3)4/h5-7,13-14H,12H2,1-4H3. The second-order valence-corrected chi connectivity index (χ2v) is 6.46. The zero-order valence-corrected chi connectivity index (χ0v) is 11.4. The van der Waals surface area contributed by atoms with Gasteiger partial charge in [0.2, 0.25) is 0 Å². The Morgan fingerprint density at radius 2 is 1.82 bits per heavy atom. The molecule has 0 heterocycles. The predicted molar refractivity (Wildman–Crippen MR) is 71.0 cm³/mol. The summed E-state index contributed by atoms with van der Waals surface area (Å²) in [6, 6.07) is 5.19. The lowest BCUT2D eigenvalue weighted by Gasteiger charge is -2.21. The SMILES string of the molecule is Cc1ccc(N)c(NS(=O)(=O)NC(C)(C)C)c1. The van der Waals surface area contributed by atoms with Gasteiger partial charge in [-0.25, -0.2) is 0 Å². The number of hydrogen-bond donors (Lipinski definition) is 3. The maximum Gasteiger partial charge on any atom is 0.299 e. The second kappa shape index (κ2) is 4.54. The number of nitrogen functional groups attached to an aromatic ring is 1. The summed E-state index contributed by atoms with van der Waals surface area (Å²) in [5, 5.41) is 0. The molecule has 0 aliphatic rings. The van der Waals surface area contributed by atoms with E-state index in [-0.39, 0.29) is 0 Å². The molecule has 0 saturated carbocycles. The number of hydrogen-bond acceptors (Lipinski definition) is 3. The fourth-order valence-electron chi connectivity index (χ4n) is 1.33. The van der Waals surface area contributed by atoms with Gasteiger partial charge in [0, 0.05) is 5.54 Å². The van der Waals surface area contributed by atoms with E-state index in [1.807, 2.05) is 13.0 Å². The van der Waals surface area contributed by atoms with Crippen molar-refractivity contribution in [3.05, 3.63) is 23.8 Å². The van der Waals surface area contributed by atoms with Gasteiger partial charge in [-0.2, -0.15) is 13.1 Å². The van der Waals surface area contributed by atoms with Crippen LogP contribution in [0.5, 0.6) is 0 Å². The molecule has 0 bridgehead atoms. The minimum absolute atomic E-state index is 0.391. The molecule has 4 N–H and O–H groups in total. The number of nitrogens with two attached hydrogens (primary N) is 1. The number of anilines is 2. The van der Waals surface area contributed by atoms with Crippen molar-refractivity contribution in [2.45, 2.75) is 33.2 Å². The molecule has 1 aromatic carbocycles. The first-order chi connectivity index (χ1) is 7.59. The molecule has 0 aliphatic heterocycles. The van der Waals surface area contributed by atoms with E-state index in [1.165, 1.54) is 0 Å². The second-order valence-electron chi connectivity index (χ2n) is 5.05. The quantitative estimate of drug-likeness (QED) is 0.719. The molecule has 17 heavy (non-hydrogen) atoms. The van der Waals surface area contributed by atoms with Crippen molar-refractivity contribution < 1.29 is 8.42 Å². The van der Waals surface area contributed by atoms with Gasteiger partial charge in [0.15, 0.2) is 0 Å². The van der Waals surface area contributed by atoms with Gasteiger partial charge in [-0.1, -0.05) is 6.07 Å². The molecule has 1 aromatic rings. The highest BCUT2D eigenvalue weighted by Gasteiger charge is 2.20. The maximum atomic E-state index is 11.8. The van der Waals surface area contributed by atoms with Crippen molar-refractivity contribution in [1.29, 1.82) is 0 Å². The van der Waals surface area contributed by atoms with Crippen molar-refractivity contribution >= 4 is 21.6 Å². The summed E-state index contributed by atoms with van der Waals surface area (Å²) in [6.45, 7) is 7.18. The van der Waals surface area contributed by atoms with Crippen molar-refractivity contribution in [2.24, 2.45) is 0 Å². The van der Waals surface area contributed by atoms with Crippen LogP contribution in [-0.4, -0.2) is 14.0 Å². The molecule has 5 nitrogen and oxygen atoms in total. The summed E-state index contributed by atoms with van der Waals surface area (Å²) < 4.78 is 28.5. The van der Waals surface area contributed by atoms with Gasteiger partial charge >= 0.3 is 0 Å². The first kappa shape index (κ1) is 13.8. The number of nitrogens with one attached hydrogen (secondary N) is 2. The van der Waals surface area contributed by atoms with Gasteiger partial charge in [-0.3, -0.25) is 4.72 Å². The molecule has 96 valence electrons. The Hall–Kier alpha value is -1.27. The molecule has 0 aromatic heterocycles. The average molecular weight is 257 g/mol. The van der Waals surface area contributed by atoms with E-state index in [0.29, 0.717) is 11.4 Å². The van der Waals surface area contributed by atoms with E-state index >= 15 is 0 Å². The fourth-order valence-corrected chi connectivity index (χ4v) is 2.66. The molecular weight excluding hydrogens is 238 g/mol. The molecular formula is C11H19N3O2S. The highest BCUT2D eigenvalue weighted by molar-refractivity contribution is 7.90. The van der Waals surface area contributed by atoms with E-state index in [4.69, 9.17) is 5.73 Å². The van der Waals surface area contributed by atoms with Gasteiger partial charge < -0.3 is 5.73 Å². The Morgan fingerprint density at radius 3 is 2.35 bits per heavy atom. The van der Waals surface area contributed by atoms with E-state index < -0.39 is 15.7 Å². The van der Waals surface area contributed by atoms with Gasteiger partial charge in [0.25, 0.3) is 10.2 Å². The van der Waals surface area contributed by atoms with E-state index in [0.717, 1.165) is 5.56 Å². The molecule has 0 radical (unpaired) electrons. The van der Waals surface area contributed by atoms with Crippen molar-refractivity contribution in [3.63, 3.8) is 0 Å². The lowest BCUT2D eigenvalue weighted by Crippen LogP contribution is -2.43. The van der Waals surface area contributed by atoms with E-state index in [2.05, 4.69) is 9.44 Å². The molecule has 0 saturated heterocycles. The van der Waals surface area contributed by atoms with Crippen LogP contribution in [0.2, 0.25) is 0 Å². The van der Waals surface area contributed by atoms with Gasteiger partial charge in [-0.05, 0) is 45.4 Å². The third-order valence-corrected chi connectivity index (χ3v) is 3.26. The first-order valence-electron chi connectivity index (χ1n) is 5.27. The minimum Gasteiger partial charge on any atom is -0.397 e. The predicted octanol–water partition coefficient (Wildman–Crippen LogP) is 1.62. The highest BCUT2D eigenvalue weighted by atomic mass is 32.2. The maximum absolute atomic E-state index is 11.8. The zero-order valence-electron chi connectivity index (χ0n) is 10.5. The smallest absolute Gasteiger partial charge is 0.299 e. The minimum atomic E-state index is -3.61. The Kier molecular flexibility index (Phi) is 3.68. The zero-order chi connectivity index (χ0) is 13.3. The number of aryl methyl sites for hydroxylation is 1. The van der Waals surface area contributed by atoms with Gasteiger partial charge in [-0.15, -0.1) is 0 Å². The van der Waals surface area contributed by atoms with Crippen LogP contribution in [0.15, 0.2) is 18.2 Å². The molecule has 0 fully saturated rings. The Morgan fingerprint density at radius 1 is 1.24 bits per heavy atom. The largest absolute Gasteiger partial charge is 0.397 e. The Balaban J connectivity index is 2.94. The molecule has 0 aliphatic carbocycles. The van der Waals surface area contributed by atoms with Crippen LogP contribution in [-0.2, 0) is 10.2 Å². The first-order valence-corrected chi connectivity index (χ1v) is 6.75. The van der Waals surface area contributed by atoms with Crippen LogP contribution < -0.4 is 15.2 Å². The van der Waals surface area contributed by atoms with Gasteiger partial charge in [0.05, 0.1) is 11.4 Å². The lowest BCUT2D eigenvalue weighted by atomic mass is 10.1. The van der Waals surface area contributed by atoms with Crippen molar-refractivity contribution in [2.75, 3.05) is 10.5 Å². The Bertz CT molecular complexity index is 504. The van der Waals surface area contributed by atoms with Crippen molar-refractivity contribution in [1.82, 2.24) is 4.72 Å². The summed E-state index contributed by atoms with van der Waals surface area (Å²) in [5.74, 6) is 0. The van der Waals surface area contributed by atoms with Crippen LogP contribution in [0.4, 0.5) is 11.4 Å². The summed E-state index contributed by atoms with van der Waals surface area (Å²) in [4.78, 5) is 0. The monoisotopic (exact) mass is 257 g/mol. The van der Waals surface area contributed by atoms with Crippen LogP contribution in [0.1, 0.15) is 26.3 Å². The van der Waals surface area contributed by atoms with Gasteiger partial charge in [0.1, 0.15) is 0 Å². The molecule has 1 rings (SSSR count). The molecule has 0 amide bonds. The third kappa shape index (κ3) is 4.62. The fraction of sp³-hybridized carbons (Fsp3) is 0.455. The van der Waals surface area contributed by atoms with Crippen LogP contribution >= 0.6 is 0 Å². The molecule has 0 atom stereocenters. The van der Waals surface area contributed by atoms with Crippen LogP contribution in [0.25, 0.3) is 0 Å². The molecule has 0 spiro atoms. The molecule has 0 unspecified atom stereocenters. The Labute approximate surface area is 103 Å². The number of rotatable bonds is 3. The van der Waals surface area contributed by atoms with Crippen LogP contribution in [0, 0.1) is 6.92 Å².